The van der Waals surface area contributed by atoms with Gasteiger partial charge in [0.2, 0.25) is 11.8 Å². The van der Waals surface area contributed by atoms with Crippen molar-refractivity contribution in [2.75, 3.05) is 62.2 Å². The van der Waals surface area contributed by atoms with Crippen molar-refractivity contribution in [2.45, 2.75) is 140 Å². The van der Waals surface area contributed by atoms with Crippen LogP contribution in [0.15, 0.2) is 48.7 Å². The minimum atomic E-state index is -0.658. The zero-order valence-electron chi connectivity index (χ0n) is 42.9. The molecular weight excluding hydrogens is 957 g/mol. The van der Waals surface area contributed by atoms with Gasteiger partial charge in [0, 0.05) is 99.3 Å². The number of likely N-dealkylation sites (tertiary alicyclic amines) is 1. The van der Waals surface area contributed by atoms with Crippen molar-refractivity contribution in [1.82, 2.24) is 35.4 Å². The molecule has 3 amide bonds. The molecule has 0 radical (unpaired) electrons. The Hall–Kier alpha value is -6.04. The van der Waals surface area contributed by atoms with Gasteiger partial charge in [-0.2, -0.15) is 9.97 Å². The van der Waals surface area contributed by atoms with E-state index in [0.717, 1.165) is 121 Å². The van der Waals surface area contributed by atoms with Crippen LogP contribution in [0.5, 0.6) is 11.8 Å². The SMILES string of the molecule is CCc1c(F)ccc2cc(O)cc(-c3ncc4c(N5CC6CCC(C5)N6)nc(OCC5(CN6CCC(OC7CCC8(CC7)CCN(c7ccc9c(c7)CN(C7CCC(=O)NC7=O)C9=O)CC8)CC6)CC5)nc4c3F)c12. The number of piperazine rings is 1. The average molecular weight is 1020 g/mol. The number of fused-ring (bicyclic) bond motifs is 5. The van der Waals surface area contributed by atoms with E-state index in [1.807, 2.05) is 13.0 Å². The van der Waals surface area contributed by atoms with Gasteiger partial charge in [-0.3, -0.25) is 24.7 Å². The topological polar surface area (TPSA) is 166 Å². The number of imide groups is 1. The fourth-order valence-corrected chi connectivity index (χ4v) is 14.0. The van der Waals surface area contributed by atoms with E-state index < -0.39 is 11.9 Å². The number of carbonyl (C=O) groups is 3. The Labute approximate surface area is 435 Å². The quantitative estimate of drug-likeness (QED) is 0.103. The van der Waals surface area contributed by atoms with E-state index in [2.05, 4.69) is 42.5 Å². The van der Waals surface area contributed by atoms with Gasteiger partial charge in [-0.25, -0.2) is 8.78 Å². The molecule has 2 aliphatic carbocycles. The van der Waals surface area contributed by atoms with Crippen molar-refractivity contribution >= 4 is 50.9 Å². The van der Waals surface area contributed by atoms with Gasteiger partial charge in [0.05, 0.1) is 24.2 Å². The van der Waals surface area contributed by atoms with Crippen LogP contribution in [0.25, 0.3) is 32.9 Å². The number of aromatic hydroxyl groups is 1. The predicted molar refractivity (Wildman–Crippen MR) is 280 cm³/mol. The summed E-state index contributed by atoms with van der Waals surface area (Å²) in [5, 5.41) is 18.5. The number of pyridine rings is 1. The molecule has 2 aromatic heterocycles. The number of halogens is 2. The van der Waals surface area contributed by atoms with Crippen LogP contribution < -0.4 is 25.2 Å². The minimum Gasteiger partial charge on any atom is -0.508 e. The molecule has 17 heteroatoms. The molecule has 3 unspecified atom stereocenters. The highest BCUT2D eigenvalue weighted by Gasteiger charge is 2.47. The fourth-order valence-electron chi connectivity index (χ4n) is 14.0. The van der Waals surface area contributed by atoms with Crippen LogP contribution in [0.3, 0.4) is 0 Å². The number of benzene rings is 3. The van der Waals surface area contributed by atoms with Crippen LogP contribution in [0.1, 0.15) is 118 Å². The molecule has 8 heterocycles. The largest absolute Gasteiger partial charge is 0.508 e. The summed E-state index contributed by atoms with van der Waals surface area (Å²) in [6.07, 6.45) is 16.3. The average Bonchev–Trinajstić information content (AvgIpc) is 3.99. The van der Waals surface area contributed by atoms with Gasteiger partial charge in [-0.05, 0) is 154 Å². The highest BCUT2D eigenvalue weighted by molar-refractivity contribution is 6.06. The molecule has 3 aromatic carbocycles. The summed E-state index contributed by atoms with van der Waals surface area (Å²) < 4.78 is 45.8. The van der Waals surface area contributed by atoms with Gasteiger partial charge in [0.15, 0.2) is 5.82 Å². The molecule has 3 N–H and O–H groups in total. The van der Waals surface area contributed by atoms with Crippen molar-refractivity contribution in [1.29, 1.82) is 0 Å². The van der Waals surface area contributed by atoms with Crippen LogP contribution in [-0.2, 0) is 27.3 Å². The summed E-state index contributed by atoms with van der Waals surface area (Å²) in [5.74, 6) is -1.30. The fraction of sp³-hybridized carbons (Fsp3) is 0.552. The van der Waals surface area contributed by atoms with Crippen LogP contribution in [0.4, 0.5) is 20.3 Å². The lowest BCUT2D eigenvalue weighted by molar-refractivity contribution is -0.136. The Kier molecular flexibility index (Phi) is 12.4. The molecule has 13 rings (SSSR count). The number of rotatable bonds is 12. The molecule has 394 valence electrons. The smallest absolute Gasteiger partial charge is 0.319 e. The van der Waals surface area contributed by atoms with Gasteiger partial charge in [0.25, 0.3) is 5.91 Å². The maximum atomic E-state index is 17.2. The maximum absolute atomic E-state index is 17.2. The van der Waals surface area contributed by atoms with Crippen molar-refractivity contribution < 1.29 is 37.7 Å². The van der Waals surface area contributed by atoms with Crippen molar-refractivity contribution in [3.05, 3.63) is 77.0 Å². The molecule has 2 bridgehead atoms. The third-order valence-electron chi connectivity index (χ3n) is 18.6. The van der Waals surface area contributed by atoms with E-state index in [4.69, 9.17) is 19.4 Å². The standard InChI is InChI=1S/C58H67F2N9O6/c1-2-42-46(59)8-3-34-26-39(70)27-44(49(34)42)51-50(60)52-45(28-61-51)53(68-30-36-4-5-37(31-68)62-36)65-56(64-52)74-33-58(17-18-58)32-66-21-13-41(14-22-66)75-40-11-15-57(16-12-40)19-23-67(24-20-57)38-6-7-43-35(25-38)29-69(55(43)73)47-9-10-48(71)63-54(47)72/h3,6-8,25-28,36-37,40-41,47,62,70H,2,4-5,9-24,29-33H2,1H3,(H,63,71,72). The molecule has 75 heavy (non-hydrogen) atoms. The van der Waals surface area contributed by atoms with E-state index in [1.165, 1.54) is 25.0 Å². The van der Waals surface area contributed by atoms with Gasteiger partial charge in [0.1, 0.15) is 34.6 Å². The number of aromatic nitrogens is 3. The van der Waals surface area contributed by atoms with E-state index in [1.54, 1.807) is 23.2 Å². The van der Waals surface area contributed by atoms with E-state index in [0.29, 0.717) is 88.3 Å². The van der Waals surface area contributed by atoms with Gasteiger partial charge >= 0.3 is 6.01 Å². The zero-order chi connectivity index (χ0) is 51.2. The van der Waals surface area contributed by atoms with Crippen molar-refractivity contribution in [3.63, 3.8) is 0 Å². The molecule has 7 fully saturated rings. The van der Waals surface area contributed by atoms with E-state index >= 15 is 8.78 Å². The number of nitrogens with zero attached hydrogens (tertiary/aromatic N) is 7. The Morgan fingerprint density at radius 1 is 0.813 bits per heavy atom. The maximum Gasteiger partial charge on any atom is 0.319 e. The lowest BCUT2D eigenvalue weighted by atomic mass is 9.67. The van der Waals surface area contributed by atoms with Crippen LogP contribution in [0, 0.1) is 22.5 Å². The first-order valence-electron chi connectivity index (χ1n) is 27.7. The van der Waals surface area contributed by atoms with Gasteiger partial charge < -0.3 is 39.5 Å². The number of phenols is 1. The molecular formula is C58H67F2N9O6. The third kappa shape index (κ3) is 9.23. The first-order valence-corrected chi connectivity index (χ1v) is 27.7. The van der Waals surface area contributed by atoms with E-state index in [-0.39, 0.29) is 64.4 Å². The number of carbonyl (C=O) groups excluding carboxylic acids is 3. The molecule has 15 nitrogen and oxygen atoms in total. The number of amides is 3. The second kappa shape index (κ2) is 19.2. The highest BCUT2D eigenvalue weighted by Crippen LogP contribution is 2.49. The lowest BCUT2D eigenvalue weighted by Crippen LogP contribution is -2.52. The number of hydrogen-bond acceptors (Lipinski definition) is 13. The number of anilines is 2. The summed E-state index contributed by atoms with van der Waals surface area (Å²) in [5.41, 5.74) is 3.88. The Morgan fingerprint density at radius 2 is 1.57 bits per heavy atom. The summed E-state index contributed by atoms with van der Waals surface area (Å²) >= 11 is 0. The number of phenolic OH excluding ortho intramolecular Hbond substituents is 1. The van der Waals surface area contributed by atoms with Gasteiger partial charge in [-0.15, -0.1) is 0 Å². The molecule has 6 aliphatic heterocycles. The second-order valence-electron chi connectivity index (χ2n) is 23.4. The highest BCUT2D eigenvalue weighted by atomic mass is 19.1. The van der Waals surface area contributed by atoms with Crippen molar-refractivity contribution in [3.8, 4) is 23.0 Å². The molecule has 1 spiro atoms. The number of nitrogens with one attached hydrogen (secondary N) is 2. The third-order valence-corrected chi connectivity index (χ3v) is 18.6. The predicted octanol–water partition coefficient (Wildman–Crippen LogP) is 7.96. The summed E-state index contributed by atoms with van der Waals surface area (Å²) in [4.78, 5) is 60.8. The molecule has 8 aliphatic rings. The first kappa shape index (κ1) is 48.6. The van der Waals surface area contributed by atoms with Crippen LogP contribution >= 0.6 is 0 Å². The Morgan fingerprint density at radius 3 is 2.31 bits per heavy atom. The number of piperidine rings is 3. The summed E-state index contributed by atoms with van der Waals surface area (Å²) in [6, 6.07) is 12.3. The number of ether oxygens (including phenoxy) is 2. The van der Waals surface area contributed by atoms with Gasteiger partial charge in [-0.1, -0.05) is 13.0 Å². The molecule has 3 atom stereocenters. The lowest BCUT2D eigenvalue weighted by Gasteiger charge is -2.47. The molecule has 5 aromatic rings. The van der Waals surface area contributed by atoms with Crippen LogP contribution in [0.2, 0.25) is 0 Å². The number of aryl methyl sites for hydroxylation is 1. The molecule has 2 saturated carbocycles. The van der Waals surface area contributed by atoms with E-state index in [9.17, 15) is 19.5 Å². The normalized spacial score (nSPS) is 24.9. The van der Waals surface area contributed by atoms with Crippen LogP contribution in [-0.4, -0.2) is 130 Å². The molecule has 5 saturated heterocycles. The zero-order valence-corrected chi connectivity index (χ0v) is 42.9. The number of hydrogen-bond donors (Lipinski definition) is 3. The first-order chi connectivity index (χ1) is 36.4. The summed E-state index contributed by atoms with van der Waals surface area (Å²) in [7, 11) is 0. The van der Waals surface area contributed by atoms with Crippen molar-refractivity contribution in [2.24, 2.45) is 10.8 Å². The minimum absolute atomic E-state index is 0.00646. The Balaban J connectivity index is 0.617. The summed E-state index contributed by atoms with van der Waals surface area (Å²) in [6.45, 7) is 8.96. The monoisotopic (exact) mass is 1020 g/mol. The second-order valence-corrected chi connectivity index (χ2v) is 23.4. The Bertz CT molecular complexity index is 3080.